The largest absolute Gasteiger partial charge is 0.497 e. The molecule has 2 aromatic rings. The molecule has 0 aliphatic heterocycles. The Labute approximate surface area is 146 Å². The Hall–Kier alpha value is -2.40. The van der Waals surface area contributed by atoms with Gasteiger partial charge in [-0.15, -0.1) is 0 Å². The topological polar surface area (TPSA) is 59.6 Å². The third kappa shape index (κ3) is 5.06. The number of rotatable bonds is 6. The first-order chi connectivity index (χ1) is 11.5. The molecule has 0 bridgehead atoms. The summed E-state index contributed by atoms with van der Waals surface area (Å²) in [6.45, 7) is 4.60. The summed E-state index contributed by atoms with van der Waals surface area (Å²) < 4.78 is 10.6. The fourth-order valence-corrected chi connectivity index (χ4v) is 2.61. The van der Waals surface area contributed by atoms with E-state index >= 15 is 0 Å². The zero-order valence-electron chi connectivity index (χ0n) is 14.0. The van der Waals surface area contributed by atoms with Crippen LogP contribution in [0.5, 0.6) is 11.5 Å². The smallest absolute Gasteiger partial charge is 0.319 e. The molecule has 0 heterocycles. The van der Waals surface area contributed by atoms with E-state index in [4.69, 9.17) is 21.1 Å². The molecule has 0 aliphatic rings. The Bertz CT molecular complexity index is 679. The molecule has 0 aromatic heterocycles. The maximum absolute atomic E-state index is 11.9. The minimum absolute atomic E-state index is 0.317. The van der Waals surface area contributed by atoms with Crippen LogP contribution in [0.15, 0.2) is 36.4 Å². The van der Waals surface area contributed by atoms with Gasteiger partial charge in [0.25, 0.3) is 0 Å². The number of urea groups is 1. The molecular formula is C18H21ClN2O3. The minimum Gasteiger partial charge on any atom is -0.497 e. The first-order valence-corrected chi connectivity index (χ1v) is 7.96. The average molecular weight is 349 g/mol. The average Bonchev–Trinajstić information content (AvgIpc) is 2.55. The van der Waals surface area contributed by atoms with Crippen LogP contribution < -0.4 is 20.1 Å². The van der Waals surface area contributed by atoms with Crippen molar-refractivity contribution in [1.82, 2.24) is 5.32 Å². The Morgan fingerprint density at radius 3 is 2.42 bits per heavy atom. The second kappa shape index (κ2) is 8.45. The molecule has 0 atom stereocenters. The number of aryl methyl sites for hydroxylation is 2. The maximum atomic E-state index is 11.9. The number of carbonyl (C=O) groups is 1. The summed E-state index contributed by atoms with van der Waals surface area (Å²) in [5.41, 5.74) is 2.59. The molecule has 2 amide bonds. The van der Waals surface area contributed by atoms with E-state index in [1.807, 2.05) is 50.2 Å². The van der Waals surface area contributed by atoms with Crippen molar-refractivity contribution in [2.75, 3.05) is 25.6 Å². The summed E-state index contributed by atoms with van der Waals surface area (Å²) in [4.78, 5) is 11.9. The van der Waals surface area contributed by atoms with Crippen LogP contribution in [0.4, 0.5) is 10.5 Å². The highest BCUT2D eigenvalue weighted by atomic mass is 35.5. The second-order valence-electron chi connectivity index (χ2n) is 5.34. The zero-order chi connectivity index (χ0) is 17.5. The van der Waals surface area contributed by atoms with Gasteiger partial charge in [-0.2, -0.15) is 0 Å². The van der Waals surface area contributed by atoms with Crippen LogP contribution in [0.3, 0.4) is 0 Å². The predicted octanol–water partition coefficient (Wildman–Crippen LogP) is 4.17. The lowest BCUT2D eigenvalue weighted by molar-refractivity contribution is 0.247. The molecule has 0 radical (unpaired) electrons. The van der Waals surface area contributed by atoms with Crippen LogP contribution in [0.2, 0.25) is 5.02 Å². The summed E-state index contributed by atoms with van der Waals surface area (Å²) >= 11 is 6.17. The quantitative estimate of drug-likeness (QED) is 0.770. The Morgan fingerprint density at radius 2 is 1.79 bits per heavy atom. The number of amides is 2. The third-order valence-electron chi connectivity index (χ3n) is 3.39. The molecular weight excluding hydrogens is 328 g/mol. The van der Waals surface area contributed by atoms with Crippen molar-refractivity contribution in [2.45, 2.75) is 13.8 Å². The second-order valence-corrected chi connectivity index (χ2v) is 5.75. The van der Waals surface area contributed by atoms with Gasteiger partial charge in [0, 0.05) is 0 Å². The van der Waals surface area contributed by atoms with Crippen molar-refractivity contribution >= 4 is 23.3 Å². The van der Waals surface area contributed by atoms with Crippen LogP contribution in [0.25, 0.3) is 0 Å². The molecule has 5 nitrogen and oxygen atoms in total. The van der Waals surface area contributed by atoms with E-state index in [2.05, 4.69) is 10.6 Å². The standard InChI is InChI=1S/C18H21ClN2O3/c1-12-10-13(2)17(16(19)11-12)21-18(22)20-8-9-24-15-6-4-14(23-3)5-7-15/h4-7,10-11H,8-9H2,1-3H3,(H2,20,21,22). The van der Waals surface area contributed by atoms with Gasteiger partial charge < -0.3 is 20.1 Å². The number of ether oxygens (including phenoxy) is 2. The highest BCUT2D eigenvalue weighted by Gasteiger charge is 2.09. The zero-order valence-corrected chi connectivity index (χ0v) is 14.7. The lowest BCUT2D eigenvalue weighted by Gasteiger charge is -2.13. The van der Waals surface area contributed by atoms with Crippen LogP contribution in [0.1, 0.15) is 11.1 Å². The number of nitrogens with one attached hydrogen (secondary N) is 2. The summed E-state index contributed by atoms with van der Waals surface area (Å²) in [6.07, 6.45) is 0. The summed E-state index contributed by atoms with van der Waals surface area (Å²) in [5.74, 6) is 1.49. The number of carbonyl (C=O) groups excluding carboxylic acids is 1. The van der Waals surface area contributed by atoms with E-state index in [0.717, 1.165) is 22.6 Å². The van der Waals surface area contributed by atoms with E-state index in [1.54, 1.807) is 7.11 Å². The molecule has 0 fully saturated rings. The Kier molecular flexibility index (Phi) is 6.32. The maximum Gasteiger partial charge on any atom is 0.319 e. The van der Waals surface area contributed by atoms with Gasteiger partial charge in [0.2, 0.25) is 0 Å². The van der Waals surface area contributed by atoms with Gasteiger partial charge in [-0.1, -0.05) is 17.7 Å². The molecule has 0 aliphatic carbocycles. The summed E-state index contributed by atoms with van der Waals surface area (Å²) in [5, 5.41) is 6.03. The highest BCUT2D eigenvalue weighted by Crippen LogP contribution is 2.27. The van der Waals surface area contributed by atoms with E-state index in [1.165, 1.54) is 0 Å². The molecule has 0 saturated heterocycles. The first kappa shape index (κ1) is 17.9. The molecule has 2 N–H and O–H groups in total. The molecule has 2 aromatic carbocycles. The number of halogens is 1. The number of benzene rings is 2. The third-order valence-corrected chi connectivity index (χ3v) is 3.68. The monoisotopic (exact) mass is 348 g/mol. The van der Waals surface area contributed by atoms with Crippen molar-refractivity contribution in [1.29, 1.82) is 0 Å². The summed E-state index contributed by atoms with van der Waals surface area (Å²) in [7, 11) is 1.61. The highest BCUT2D eigenvalue weighted by molar-refractivity contribution is 6.34. The first-order valence-electron chi connectivity index (χ1n) is 7.58. The molecule has 0 saturated carbocycles. The van der Waals surface area contributed by atoms with Gasteiger partial charge in [-0.25, -0.2) is 4.79 Å². The van der Waals surface area contributed by atoms with Crippen molar-refractivity contribution in [3.63, 3.8) is 0 Å². The molecule has 0 unspecified atom stereocenters. The van der Waals surface area contributed by atoms with Crippen LogP contribution in [0, 0.1) is 13.8 Å². The van der Waals surface area contributed by atoms with Gasteiger partial charge in [0.15, 0.2) is 0 Å². The fourth-order valence-electron chi connectivity index (χ4n) is 2.24. The number of methoxy groups -OCH3 is 1. The van der Waals surface area contributed by atoms with Gasteiger partial charge in [0.1, 0.15) is 18.1 Å². The van der Waals surface area contributed by atoms with Crippen LogP contribution >= 0.6 is 11.6 Å². The molecule has 2 rings (SSSR count). The molecule has 128 valence electrons. The number of hydrogen-bond donors (Lipinski definition) is 2. The Balaban J connectivity index is 1.77. The van der Waals surface area contributed by atoms with E-state index in [9.17, 15) is 4.79 Å². The molecule has 0 spiro atoms. The van der Waals surface area contributed by atoms with Gasteiger partial charge >= 0.3 is 6.03 Å². The van der Waals surface area contributed by atoms with E-state index in [0.29, 0.717) is 23.9 Å². The van der Waals surface area contributed by atoms with Crippen molar-refractivity contribution in [3.05, 3.63) is 52.5 Å². The van der Waals surface area contributed by atoms with Crippen molar-refractivity contribution in [2.24, 2.45) is 0 Å². The number of anilines is 1. The predicted molar refractivity (Wildman–Crippen MR) is 96.4 cm³/mol. The SMILES string of the molecule is COc1ccc(OCCNC(=O)Nc2c(C)cc(C)cc2Cl)cc1. The summed E-state index contributed by atoms with van der Waals surface area (Å²) in [6, 6.07) is 10.7. The van der Waals surface area contributed by atoms with E-state index < -0.39 is 0 Å². The van der Waals surface area contributed by atoms with Gasteiger partial charge in [0.05, 0.1) is 24.4 Å². The minimum atomic E-state index is -0.317. The molecule has 24 heavy (non-hydrogen) atoms. The van der Waals surface area contributed by atoms with E-state index in [-0.39, 0.29) is 6.03 Å². The van der Waals surface area contributed by atoms with Gasteiger partial charge in [-0.05, 0) is 55.3 Å². The Morgan fingerprint density at radius 1 is 1.12 bits per heavy atom. The fraction of sp³-hybridized carbons (Fsp3) is 0.278. The van der Waals surface area contributed by atoms with Crippen molar-refractivity contribution in [3.8, 4) is 11.5 Å². The lowest BCUT2D eigenvalue weighted by Crippen LogP contribution is -2.32. The lowest BCUT2D eigenvalue weighted by atomic mass is 10.1. The molecule has 6 heteroatoms. The van der Waals surface area contributed by atoms with Crippen molar-refractivity contribution < 1.29 is 14.3 Å². The normalized spacial score (nSPS) is 10.2. The number of hydrogen-bond acceptors (Lipinski definition) is 3. The van der Waals surface area contributed by atoms with Crippen LogP contribution in [-0.4, -0.2) is 26.3 Å². The van der Waals surface area contributed by atoms with Crippen LogP contribution in [-0.2, 0) is 0 Å². The van der Waals surface area contributed by atoms with Gasteiger partial charge in [-0.3, -0.25) is 0 Å².